The summed E-state index contributed by atoms with van der Waals surface area (Å²) in [5.41, 5.74) is 2.16. The first kappa shape index (κ1) is 19.1. The lowest BCUT2D eigenvalue weighted by Crippen LogP contribution is -2.36. The Morgan fingerprint density at radius 3 is 2.46 bits per heavy atom. The molecule has 0 saturated heterocycles. The van der Waals surface area contributed by atoms with E-state index in [9.17, 15) is 0 Å². The van der Waals surface area contributed by atoms with E-state index in [1.807, 2.05) is 17.7 Å². The summed E-state index contributed by atoms with van der Waals surface area (Å²) in [5, 5.41) is 10.8. The molecule has 0 fully saturated rings. The lowest BCUT2D eigenvalue weighted by atomic mass is 9.93. The SMILES string of the molecule is CN=C(NCc1nc(C(C)(C)C)cs1)NCc1cc(Cl)c(Cl)n1C. The predicted octanol–water partition coefficient (Wildman–Crippen LogP) is 3.95. The second-order valence-corrected chi connectivity index (χ2v) is 8.20. The quantitative estimate of drug-likeness (QED) is 0.616. The summed E-state index contributed by atoms with van der Waals surface area (Å²) in [6.45, 7) is 7.70. The molecule has 0 unspecified atom stereocenters. The van der Waals surface area contributed by atoms with Gasteiger partial charge in [0.15, 0.2) is 5.96 Å². The molecular formula is C16H23Cl2N5S. The molecule has 132 valence electrons. The van der Waals surface area contributed by atoms with Crippen LogP contribution in [0.2, 0.25) is 10.2 Å². The molecule has 0 spiro atoms. The number of aromatic nitrogens is 2. The summed E-state index contributed by atoms with van der Waals surface area (Å²) < 4.78 is 1.85. The third-order valence-electron chi connectivity index (χ3n) is 3.60. The van der Waals surface area contributed by atoms with Crippen LogP contribution in [-0.2, 0) is 25.6 Å². The number of rotatable bonds is 4. The highest BCUT2D eigenvalue weighted by molar-refractivity contribution is 7.09. The molecule has 2 aromatic heterocycles. The van der Waals surface area contributed by atoms with Crippen molar-refractivity contribution in [3.63, 3.8) is 0 Å². The van der Waals surface area contributed by atoms with Gasteiger partial charge in [0, 0.05) is 30.6 Å². The maximum absolute atomic E-state index is 6.08. The van der Waals surface area contributed by atoms with Gasteiger partial charge in [-0.25, -0.2) is 4.98 Å². The first-order valence-electron chi connectivity index (χ1n) is 7.61. The molecule has 0 amide bonds. The van der Waals surface area contributed by atoms with Crippen molar-refractivity contribution >= 4 is 40.5 Å². The first-order chi connectivity index (χ1) is 11.2. The van der Waals surface area contributed by atoms with Crippen LogP contribution in [0.5, 0.6) is 0 Å². The van der Waals surface area contributed by atoms with Gasteiger partial charge in [-0.2, -0.15) is 0 Å². The van der Waals surface area contributed by atoms with Crippen LogP contribution in [0.1, 0.15) is 37.2 Å². The minimum atomic E-state index is 0.0692. The van der Waals surface area contributed by atoms with Gasteiger partial charge in [-0.15, -0.1) is 11.3 Å². The van der Waals surface area contributed by atoms with Gasteiger partial charge in [-0.1, -0.05) is 44.0 Å². The average molecular weight is 388 g/mol. The number of nitrogens with one attached hydrogen (secondary N) is 2. The molecule has 24 heavy (non-hydrogen) atoms. The maximum Gasteiger partial charge on any atom is 0.191 e. The van der Waals surface area contributed by atoms with Gasteiger partial charge in [0.2, 0.25) is 0 Å². The smallest absolute Gasteiger partial charge is 0.191 e. The van der Waals surface area contributed by atoms with E-state index in [1.165, 1.54) is 0 Å². The fraction of sp³-hybridized carbons (Fsp3) is 0.500. The van der Waals surface area contributed by atoms with Crippen LogP contribution in [0.4, 0.5) is 0 Å². The van der Waals surface area contributed by atoms with Crippen molar-refractivity contribution in [3.8, 4) is 0 Å². The Morgan fingerprint density at radius 1 is 1.29 bits per heavy atom. The Hall–Kier alpha value is -1.24. The van der Waals surface area contributed by atoms with Crippen LogP contribution in [0.15, 0.2) is 16.4 Å². The summed E-state index contributed by atoms with van der Waals surface area (Å²) >= 11 is 13.8. The van der Waals surface area contributed by atoms with Crippen molar-refractivity contribution in [2.75, 3.05) is 7.05 Å². The van der Waals surface area contributed by atoms with Crippen molar-refractivity contribution in [2.45, 2.75) is 39.3 Å². The van der Waals surface area contributed by atoms with Crippen molar-refractivity contribution in [1.82, 2.24) is 20.2 Å². The zero-order chi connectivity index (χ0) is 17.9. The number of thiazole rings is 1. The molecule has 5 nitrogen and oxygen atoms in total. The standard InChI is InChI=1S/C16H23Cl2N5S/c1-16(2,3)12-9-24-13(22-12)8-21-15(19-4)20-7-10-6-11(17)14(18)23(10)5/h6,9H,7-8H2,1-5H3,(H2,19,20,21). The van der Waals surface area contributed by atoms with Crippen LogP contribution in [-0.4, -0.2) is 22.6 Å². The molecule has 8 heteroatoms. The third-order valence-corrected chi connectivity index (χ3v) is 5.29. The van der Waals surface area contributed by atoms with Gasteiger partial charge in [0.1, 0.15) is 10.2 Å². The van der Waals surface area contributed by atoms with Crippen LogP contribution >= 0.6 is 34.5 Å². The van der Waals surface area contributed by atoms with Crippen molar-refractivity contribution in [2.24, 2.45) is 12.0 Å². The summed E-state index contributed by atoms with van der Waals surface area (Å²) in [6, 6.07) is 1.85. The van der Waals surface area contributed by atoms with E-state index >= 15 is 0 Å². The zero-order valence-corrected chi connectivity index (χ0v) is 16.9. The van der Waals surface area contributed by atoms with E-state index in [0.29, 0.717) is 29.2 Å². The fourth-order valence-corrected chi connectivity index (χ4v) is 3.43. The number of aliphatic imine (C=N–C) groups is 1. The van der Waals surface area contributed by atoms with Crippen molar-refractivity contribution in [3.05, 3.63) is 38.0 Å². The monoisotopic (exact) mass is 387 g/mol. The van der Waals surface area contributed by atoms with Crippen LogP contribution in [0.25, 0.3) is 0 Å². The molecule has 0 atom stereocenters. The molecule has 2 heterocycles. The van der Waals surface area contributed by atoms with E-state index in [-0.39, 0.29) is 5.41 Å². The van der Waals surface area contributed by atoms with E-state index in [0.717, 1.165) is 16.4 Å². The summed E-state index contributed by atoms with van der Waals surface area (Å²) in [6.07, 6.45) is 0. The highest BCUT2D eigenvalue weighted by Crippen LogP contribution is 2.25. The number of halogens is 2. The second-order valence-electron chi connectivity index (χ2n) is 6.49. The highest BCUT2D eigenvalue weighted by atomic mass is 35.5. The average Bonchev–Trinajstić information content (AvgIpc) is 3.09. The fourth-order valence-electron chi connectivity index (χ4n) is 2.05. The van der Waals surface area contributed by atoms with E-state index in [1.54, 1.807) is 18.4 Å². The molecule has 0 aromatic carbocycles. The summed E-state index contributed by atoms with van der Waals surface area (Å²) in [7, 11) is 3.62. The Morgan fingerprint density at radius 2 is 1.96 bits per heavy atom. The van der Waals surface area contributed by atoms with Crippen LogP contribution < -0.4 is 10.6 Å². The summed E-state index contributed by atoms with van der Waals surface area (Å²) in [4.78, 5) is 8.90. The number of hydrogen-bond donors (Lipinski definition) is 2. The topological polar surface area (TPSA) is 54.2 Å². The van der Waals surface area contributed by atoms with Crippen molar-refractivity contribution < 1.29 is 0 Å². The van der Waals surface area contributed by atoms with Crippen molar-refractivity contribution in [1.29, 1.82) is 0 Å². The lowest BCUT2D eigenvalue weighted by Gasteiger charge is -2.14. The Balaban J connectivity index is 1.91. The largest absolute Gasteiger partial charge is 0.351 e. The Labute approximate surface area is 157 Å². The van der Waals surface area contributed by atoms with E-state index in [4.69, 9.17) is 23.2 Å². The molecule has 2 rings (SSSR count). The molecule has 0 radical (unpaired) electrons. The van der Waals surface area contributed by atoms with Gasteiger partial charge in [0.05, 0.1) is 23.8 Å². The zero-order valence-electron chi connectivity index (χ0n) is 14.6. The molecule has 0 aliphatic carbocycles. The van der Waals surface area contributed by atoms with Crippen LogP contribution in [0.3, 0.4) is 0 Å². The number of guanidine groups is 1. The van der Waals surface area contributed by atoms with Crippen LogP contribution in [0, 0.1) is 0 Å². The second kappa shape index (κ2) is 7.76. The third kappa shape index (κ3) is 4.65. The van der Waals surface area contributed by atoms with Gasteiger partial charge in [0.25, 0.3) is 0 Å². The van der Waals surface area contributed by atoms with Gasteiger partial charge in [-0.3, -0.25) is 4.99 Å². The number of hydrogen-bond acceptors (Lipinski definition) is 3. The molecule has 0 saturated carbocycles. The van der Waals surface area contributed by atoms with E-state index < -0.39 is 0 Å². The molecule has 0 bridgehead atoms. The minimum absolute atomic E-state index is 0.0692. The Kier molecular flexibility index (Phi) is 6.17. The molecule has 2 aromatic rings. The Bertz CT molecular complexity index is 727. The van der Waals surface area contributed by atoms with Gasteiger partial charge < -0.3 is 15.2 Å². The minimum Gasteiger partial charge on any atom is -0.351 e. The summed E-state index contributed by atoms with van der Waals surface area (Å²) in [5.74, 6) is 0.705. The molecule has 2 N–H and O–H groups in total. The maximum atomic E-state index is 6.08. The molecule has 0 aliphatic rings. The normalized spacial score (nSPS) is 12.5. The van der Waals surface area contributed by atoms with Gasteiger partial charge >= 0.3 is 0 Å². The van der Waals surface area contributed by atoms with Gasteiger partial charge in [-0.05, 0) is 6.07 Å². The van der Waals surface area contributed by atoms with E-state index in [2.05, 4.69) is 46.8 Å². The number of nitrogens with zero attached hydrogens (tertiary/aromatic N) is 3. The highest BCUT2D eigenvalue weighted by Gasteiger charge is 2.17. The first-order valence-corrected chi connectivity index (χ1v) is 9.25. The predicted molar refractivity (Wildman–Crippen MR) is 103 cm³/mol. The molecular weight excluding hydrogens is 365 g/mol. The molecule has 0 aliphatic heterocycles. The lowest BCUT2D eigenvalue weighted by molar-refractivity contribution is 0.570.